The van der Waals surface area contributed by atoms with E-state index in [9.17, 15) is 9.59 Å². The normalized spacial score (nSPS) is 15.4. The first-order valence-electron chi connectivity index (χ1n) is 10.8. The highest BCUT2D eigenvalue weighted by Gasteiger charge is 2.28. The summed E-state index contributed by atoms with van der Waals surface area (Å²) >= 11 is 1.50. The van der Waals surface area contributed by atoms with Crippen molar-refractivity contribution in [2.75, 3.05) is 37.7 Å². The molecule has 0 radical (unpaired) electrons. The molecule has 1 aliphatic rings. The summed E-state index contributed by atoms with van der Waals surface area (Å²) in [7, 11) is 0. The number of esters is 1. The number of likely N-dealkylation sites (tertiary alicyclic amines) is 1. The van der Waals surface area contributed by atoms with Crippen LogP contribution in [0.15, 0.2) is 34.8 Å². The molecule has 10 nitrogen and oxygen atoms in total. The molecule has 1 saturated heterocycles. The van der Waals surface area contributed by atoms with E-state index in [0.717, 1.165) is 29.2 Å². The van der Waals surface area contributed by atoms with E-state index in [1.807, 2.05) is 22.4 Å². The van der Waals surface area contributed by atoms with Gasteiger partial charge in [0.15, 0.2) is 11.0 Å². The number of nitrogens with zero attached hydrogens (tertiary/aromatic N) is 4. The van der Waals surface area contributed by atoms with Crippen LogP contribution in [-0.4, -0.2) is 76.8 Å². The number of thiazole rings is 1. The summed E-state index contributed by atoms with van der Waals surface area (Å²) in [6, 6.07) is 7.41. The molecule has 0 amide bonds. The van der Waals surface area contributed by atoms with Gasteiger partial charge in [0.05, 0.1) is 25.3 Å². The first kappa shape index (κ1) is 24.5. The predicted octanol–water partition coefficient (Wildman–Crippen LogP) is 2.21. The molecule has 0 bridgehead atoms. The van der Waals surface area contributed by atoms with Crippen molar-refractivity contribution >= 4 is 34.2 Å². The summed E-state index contributed by atoms with van der Waals surface area (Å²) in [6.07, 6.45) is 1.84. The second-order valence-electron chi connectivity index (χ2n) is 7.73. The number of anilines is 1. The summed E-state index contributed by atoms with van der Waals surface area (Å²) in [5, 5.41) is 23.7. The highest BCUT2D eigenvalue weighted by molar-refractivity contribution is 7.14. The van der Waals surface area contributed by atoms with Crippen molar-refractivity contribution in [3.05, 3.63) is 35.2 Å². The molecule has 0 unspecified atom stereocenters. The summed E-state index contributed by atoms with van der Waals surface area (Å²) in [4.78, 5) is 31.9. The number of aromatic nitrogens is 1. The van der Waals surface area contributed by atoms with Gasteiger partial charge < -0.3 is 25.7 Å². The van der Waals surface area contributed by atoms with Crippen molar-refractivity contribution in [3.63, 3.8) is 0 Å². The minimum atomic E-state index is -0.824. The van der Waals surface area contributed by atoms with E-state index in [-0.39, 0.29) is 30.8 Å². The fraction of sp³-hybridized carbons (Fsp3) is 0.455. The van der Waals surface area contributed by atoms with Gasteiger partial charge in [0.2, 0.25) is 0 Å². The number of carboxylic acid groups (broad SMARTS) is 1. The SMILES string of the molecule is CCOC(=O)CCN(c1nc(-c2ccc(/C(N)=N/O)cc2)cs1)C1CCN(CC(=O)O)CC1. The van der Waals surface area contributed by atoms with Crippen molar-refractivity contribution < 1.29 is 24.6 Å². The number of rotatable bonds is 10. The number of aliphatic carboxylic acids is 1. The third kappa shape index (κ3) is 6.65. The van der Waals surface area contributed by atoms with Crippen molar-refractivity contribution in [1.82, 2.24) is 9.88 Å². The van der Waals surface area contributed by atoms with Gasteiger partial charge in [-0.2, -0.15) is 0 Å². The zero-order valence-electron chi connectivity index (χ0n) is 18.5. The van der Waals surface area contributed by atoms with E-state index >= 15 is 0 Å². The van der Waals surface area contributed by atoms with Crippen molar-refractivity contribution in [3.8, 4) is 11.3 Å². The maximum Gasteiger partial charge on any atom is 0.317 e. The lowest BCUT2D eigenvalue weighted by molar-refractivity contribution is -0.143. The van der Waals surface area contributed by atoms with Crippen LogP contribution in [0.2, 0.25) is 0 Å². The Morgan fingerprint density at radius 2 is 2.00 bits per heavy atom. The molecule has 2 heterocycles. The second-order valence-corrected chi connectivity index (χ2v) is 8.56. The van der Waals surface area contributed by atoms with Gasteiger partial charge >= 0.3 is 11.9 Å². The predicted molar refractivity (Wildman–Crippen MR) is 126 cm³/mol. The fourth-order valence-electron chi connectivity index (χ4n) is 3.86. The Morgan fingerprint density at radius 3 is 2.61 bits per heavy atom. The average molecular weight is 476 g/mol. The van der Waals surface area contributed by atoms with E-state index in [4.69, 9.17) is 25.8 Å². The molecule has 2 aromatic rings. The van der Waals surface area contributed by atoms with E-state index < -0.39 is 5.97 Å². The van der Waals surface area contributed by atoms with Gasteiger partial charge in [-0.3, -0.25) is 14.5 Å². The molecule has 0 atom stereocenters. The summed E-state index contributed by atoms with van der Waals surface area (Å²) in [5.41, 5.74) is 7.94. The molecule has 0 spiro atoms. The van der Waals surface area contributed by atoms with Crippen molar-refractivity contribution in [2.45, 2.75) is 32.2 Å². The molecule has 0 aliphatic carbocycles. The van der Waals surface area contributed by atoms with Crippen LogP contribution in [0, 0.1) is 0 Å². The minimum Gasteiger partial charge on any atom is -0.480 e. The van der Waals surface area contributed by atoms with Crippen LogP contribution in [0.5, 0.6) is 0 Å². The topological polar surface area (TPSA) is 142 Å². The highest BCUT2D eigenvalue weighted by atomic mass is 32.1. The van der Waals surface area contributed by atoms with Crippen LogP contribution in [0.4, 0.5) is 5.13 Å². The number of piperidine rings is 1. The molecule has 4 N–H and O–H groups in total. The van der Waals surface area contributed by atoms with Gasteiger partial charge in [-0.05, 0) is 19.8 Å². The Bertz CT molecular complexity index is 970. The molecule has 33 heavy (non-hydrogen) atoms. The van der Waals surface area contributed by atoms with Gasteiger partial charge in [-0.15, -0.1) is 11.3 Å². The lowest BCUT2D eigenvalue weighted by Crippen LogP contribution is -2.47. The minimum absolute atomic E-state index is 0.0401. The van der Waals surface area contributed by atoms with E-state index in [2.05, 4.69) is 10.1 Å². The molecule has 3 rings (SSSR count). The average Bonchev–Trinajstić information content (AvgIpc) is 3.29. The number of carbonyl (C=O) groups excluding carboxylic acids is 1. The van der Waals surface area contributed by atoms with E-state index in [0.29, 0.717) is 31.8 Å². The van der Waals surface area contributed by atoms with Crippen LogP contribution in [-0.2, 0) is 14.3 Å². The summed E-state index contributed by atoms with van der Waals surface area (Å²) in [6.45, 7) is 4.01. The fourth-order valence-corrected chi connectivity index (χ4v) is 4.79. The number of benzene rings is 1. The number of ether oxygens (including phenoxy) is 1. The van der Waals surface area contributed by atoms with Gasteiger partial charge in [-0.25, -0.2) is 4.98 Å². The first-order valence-corrected chi connectivity index (χ1v) is 11.7. The Morgan fingerprint density at radius 1 is 1.30 bits per heavy atom. The lowest BCUT2D eigenvalue weighted by atomic mass is 10.0. The second kappa shape index (κ2) is 11.6. The molecule has 178 valence electrons. The van der Waals surface area contributed by atoms with E-state index in [1.165, 1.54) is 11.3 Å². The molecule has 1 aliphatic heterocycles. The largest absolute Gasteiger partial charge is 0.480 e. The Labute approximate surface area is 196 Å². The van der Waals surface area contributed by atoms with Gasteiger partial charge in [0.25, 0.3) is 0 Å². The smallest absolute Gasteiger partial charge is 0.317 e. The number of carbonyl (C=O) groups is 2. The molecule has 1 fully saturated rings. The van der Waals surface area contributed by atoms with Crippen LogP contribution in [0.3, 0.4) is 0 Å². The molecule has 1 aromatic heterocycles. The Hall–Kier alpha value is -3.18. The van der Waals surface area contributed by atoms with Crippen LogP contribution in [0.1, 0.15) is 31.7 Å². The quantitative estimate of drug-likeness (QED) is 0.155. The van der Waals surface area contributed by atoms with Gasteiger partial charge in [0, 0.05) is 42.2 Å². The lowest BCUT2D eigenvalue weighted by Gasteiger charge is -2.38. The Balaban J connectivity index is 1.75. The molecule has 0 saturated carbocycles. The molecule has 11 heteroatoms. The summed E-state index contributed by atoms with van der Waals surface area (Å²) in [5.74, 6) is -1.03. The van der Waals surface area contributed by atoms with Gasteiger partial charge in [0.1, 0.15) is 0 Å². The Kier molecular flexibility index (Phi) is 8.61. The standard InChI is InChI=1S/C22H29N5O5S/c1-2-32-20(30)9-12-27(17-7-10-26(11-8-17)13-19(28)29)22-24-18(14-33-22)15-3-5-16(6-4-15)21(23)25-31/h3-6,14,17,31H,2,7-13H2,1H3,(H2,23,25)(H,28,29). The van der Waals surface area contributed by atoms with Crippen LogP contribution < -0.4 is 10.6 Å². The van der Waals surface area contributed by atoms with Crippen LogP contribution in [0.25, 0.3) is 11.3 Å². The number of hydrogen-bond acceptors (Lipinski definition) is 9. The zero-order valence-corrected chi connectivity index (χ0v) is 19.3. The number of hydrogen-bond donors (Lipinski definition) is 3. The van der Waals surface area contributed by atoms with Crippen molar-refractivity contribution in [2.24, 2.45) is 10.9 Å². The number of oxime groups is 1. The number of amidine groups is 1. The summed E-state index contributed by atoms with van der Waals surface area (Å²) < 4.78 is 5.10. The van der Waals surface area contributed by atoms with E-state index in [1.54, 1.807) is 19.1 Å². The maximum atomic E-state index is 12.0. The number of nitrogens with two attached hydrogens (primary N) is 1. The maximum absolute atomic E-state index is 12.0. The highest BCUT2D eigenvalue weighted by Crippen LogP contribution is 2.31. The molecule has 1 aromatic carbocycles. The monoisotopic (exact) mass is 475 g/mol. The zero-order chi connectivity index (χ0) is 23.8. The molecular weight excluding hydrogens is 446 g/mol. The third-order valence-electron chi connectivity index (χ3n) is 5.54. The molecular formula is C22H29N5O5S. The number of carboxylic acids is 1. The van der Waals surface area contributed by atoms with Gasteiger partial charge in [-0.1, -0.05) is 29.4 Å². The van der Waals surface area contributed by atoms with Crippen molar-refractivity contribution in [1.29, 1.82) is 0 Å². The third-order valence-corrected chi connectivity index (χ3v) is 6.42. The van der Waals surface area contributed by atoms with Crippen LogP contribution >= 0.6 is 11.3 Å². The first-order chi connectivity index (χ1) is 15.9.